The molecule has 118 valence electrons. The van der Waals surface area contributed by atoms with Crippen LogP contribution in [0.4, 0.5) is 5.69 Å². The first-order valence-corrected chi connectivity index (χ1v) is 8.04. The average Bonchev–Trinajstić information content (AvgIpc) is 2.32. The van der Waals surface area contributed by atoms with Crippen molar-refractivity contribution in [2.75, 3.05) is 24.5 Å². The molecule has 0 spiro atoms. The van der Waals surface area contributed by atoms with Gasteiger partial charge in [-0.15, -0.1) is 0 Å². The lowest BCUT2D eigenvalue weighted by Crippen LogP contribution is -2.57. The quantitative estimate of drug-likeness (QED) is 0.914. The van der Waals surface area contributed by atoms with E-state index in [0.717, 1.165) is 36.9 Å². The molecule has 1 N–H and O–H groups in total. The van der Waals surface area contributed by atoms with Gasteiger partial charge in [0, 0.05) is 19.6 Å². The summed E-state index contributed by atoms with van der Waals surface area (Å²) in [6.07, 6.45) is 0. The third-order valence-electron chi connectivity index (χ3n) is 3.63. The number of halogens is 1. The van der Waals surface area contributed by atoms with Crippen LogP contribution in [-0.2, 0) is 11.3 Å². The summed E-state index contributed by atoms with van der Waals surface area (Å²) >= 11 is 6.52. The van der Waals surface area contributed by atoms with E-state index < -0.39 is 0 Å². The Morgan fingerprint density at radius 1 is 1.19 bits per heavy atom. The summed E-state index contributed by atoms with van der Waals surface area (Å²) < 4.78 is 6.13. The van der Waals surface area contributed by atoms with Crippen molar-refractivity contribution in [2.45, 2.75) is 52.4 Å². The Bertz CT molecular complexity index is 484. The fourth-order valence-electron chi connectivity index (χ4n) is 3.14. The summed E-state index contributed by atoms with van der Waals surface area (Å²) in [6.45, 7) is 14.2. The first-order valence-electron chi connectivity index (χ1n) is 7.67. The van der Waals surface area contributed by atoms with E-state index >= 15 is 0 Å². The maximum atomic E-state index is 6.52. The second-order valence-electron chi connectivity index (χ2n) is 7.04. The normalized spacial score (nSPS) is 20.6. The molecule has 1 aliphatic heterocycles. The zero-order valence-corrected chi connectivity index (χ0v) is 14.5. The van der Waals surface area contributed by atoms with Gasteiger partial charge in [-0.05, 0) is 51.9 Å². The molecule has 0 aromatic heterocycles. The van der Waals surface area contributed by atoms with Crippen LogP contribution in [0.15, 0.2) is 18.2 Å². The monoisotopic (exact) mass is 310 g/mol. The predicted octanol–water partition coefficient (Wildman–Crippen LogP) is 3.84. The van der Waals surface area contributed by atoms with E-state index in [0.29, 0.717) is 0 Å². The van der Waals surface area contributed by atoms with Crippen molar-refractivity contribution in [2.24, 2.45) is 0 Å². The highest BCUT2D eigenvalue weighted by molar-refractivity contribution is 6.33. The Labute approximate surface area is 133 Å². The van der Waals surface area contributed by atoms with Crippen molar-refractivity contribution < 1.29 is 4.74 Å². The number of morpholine rings is 1. The topological polar surface area (TPSA) is 24.5 Å². The predicted molar refractivity (Wildman–Crippen MR) is 90.3 cm³/mol. The van der Waals surface area contributed by atoms with Crippen LogP contribution in [0.2, 0.25) is 5.02 Å². The molecule has 0 aliphatic carbocycles. The van der Waals surface area contributed by atoms with Gasteiger partial charge in [-0.25, -0.2) is 0 Å². The van der Waals surface area contributed by atoms with Crippen LogP contribution in [0.25, 0.3) is 0 Å². The first kappa shape index (κ1) is 16.6. The number of rotatable bonds is 4. The zero-order valence-electron chi connectivity index (χ0n) is 13.8. The van der Waals surface area contributed by atoms with E-state index in [1.54, 1.807) is 0 Å². The van der Waals surface area contributed by atoms with Crippen molar-refractivity contribution in [3.63, 3.8) is 0 Å². The molecule has 1 fully saturated rings. The third-order valence-corrected chi connectivity index (χ3v) is 3.93. The minimum Gasteiger partial charge on any atom is -0.366 e. The van der Waals surface area contributed by atoms with Crippen LogP contribution in [0.5, 0.6) is 0 Å². The number of benzene rings is 1. The summed E-state index contributed by atoms with van der Waals surface area (Å²) in [7, 11) is 0. The fourth-order valence-corrected chi connectivity index (χ4v) is 3.47. The lowest BCUT2D eigenvalue weighted by atomic mass is 9.98. The third kappa shape index (κ3) is 4.35. The Hall–Kier alpha value is -0.770. The maximum Gasteiger partial charge on any atom is 0.0808 e. The van der Waals surface area contributed by atoms with Crippen LogP contribution in [-0.4, -0.2) is 30.8 Å². The van der Waals surface area contributed by atoms with E-state index in [-0.39, 0.29) is 11.2 Å². The number of nitrogens with zero attached hydrogens (tertiary/aromatic N) is 1. The number of hydrogen-bond donors (Lipinski definition) is 1. The van der Waals surface area contributed by atoms with E-state index in [1.165, 1.54) is 5.56 Å². The Kier molecular flexibility index (Phi) is 4.86. The second kappa shape index (κ2) is 6.15. The van der Waals surface area contributed by atoms with E-state index in [2.05, 4.69) is 63.0 Å². The van der Waals surface area contributed by atoms with Gasteiger partial charge in [0.05, 0.1) is 21.9 Å². The Balaban J connectivity index is 2.21. The van der Waals surface area contributed by atoms with Gasteiger partial charge in [0.15, 0.2) is 0 Å². The molecule has 0 saturated carbocycles. The van der Waals surface area contributed by atoms with Crippen molar-refractivity contribution in [1.82, 2.24) is 5.32 Å². The van der Waals surface area contributed by atoms with Crippen LogP contribution in [0.1, 0.15) is 40.2 Å². The van der Waals surface area contributed by atoms with Gasteiger partial charge >= 0.3 is 0 Å². The van der Waals surface area contributed by atoms with Crippen LogP contribution >= 0.6 is 11.6 Å². The van der Waals surface area contributed by atoms with Gasteiger partial charge in [0.1, 0.15) is 0 Å². The summed E-state index contributed by atoms with van der Waals surface area (Å²) in [5.41, 5.74) is 1.97. The lowest BCUT2D eigenvalue weighted by molar-refractivity contribution is -0.133. The zero-order chi connectivity index (χ0) is 15.7. The molecule has 1 aromatic carbocycles. The van der Waals surface area contributed by atoms with Gasteiger partial charge in [-0.1, -0.05) is 24.6 Å². The number of nitrogens with one attached hydrogen (secondary N) is 1. The summed E-state index contributed by atoms with van der Waals surface area (Å²) in [5.74, 6) is 0. The molecule has 21 heavy (non-hydrogen) atoms. The average molecular weight is 311 g/mol. The maximum absolute atomic E-state index is 6.52. The van der Waals surface area contributed by atoms with Gasteiger partial charge in [-0.3, -0.25) is 0 Å². The van der Waals surface area contributed by atoms with Crippen molar-refractivity contribution in [1.29, 1.82) is 0 Å². The molecular formula is C17H27ClN2O. The Morgan fingerprint density at radius 2 is 1.81 bits per heavy atom. The van der Waals surface area contributed by atoms with Gasteiger partial charge < -0.3 is 15.0 Å². The van der Waals surface area contributed by atoms with Crippen molar-refractivity contribution in [3.05, 3.63) is 28.8 Å². The van der Waals surface area contributed by atoms with Gasteiger partial charge in [0.2, 0.25) is 0 Å². The molecule has 1 aliphatic rings. The molecule has 4 heteroatoms. The fraction of sp³-hybridized carbons (Fsp3) is 0.647. The van der Waals surface area contributed by atoms with Crippen molar-refractivity contribution >= 4 is 17.3 Å². The number of hydrogen-bond acceptors (Lipinski definition) is 3. The highest BCUT2D eigenvalue weighted by atomic mass is 35.5. The lowest BCUT2D eigenvalue weighted by Gasteiger charge is -2.48. The van der Waals surface area contributed by atoms with Crippen molar-refractivity contribution in [3.8, 4) is 0 Å². The molecule has 1 heterocycles. The molecule has 1 aromatic rings. The minimum absolute atomic E-state index is 0.173. The first-order chi connectivity index (χ1) is 9.72. The highest BCUT2D eigenvalue weighted by Crippen LogP contribution is 2.35. The Morgan fingerprint density at radius 3 is 2.33 bits per heavy atom. The molecule has 0 unspecified atom stereocenters. The van der Waals surface area contributed by atoms with Crippen LogP contribution in [0.3, 0.4) is 0 Å². The van der Waals surface area contributed by atoms with Crippen LogP contribution < -0.4 is 10.2 Å². The molecular weight excluding hydrogens is 284 g/mol. The number of anilines is 1. The largest absolute Gasteiger partial charge is 0.366 e. The minimum atomic E-state index is -0.173. The summed E-state index contributed by atoms with van der Waals surface area (Å²) in [4.78, 5) is 2.34. The second-order valence-corrected chi connectivity index (χ2v) is 7.45. The summed E-state index contributed by atoms with van der Waals surface area (Å²) in [5, 5.41) is 4.14. The molecule has 1 saturated heterocycles. The van der Waals surface area contributed by atoms with Gasteiger partial charge in [0.25, 0.3) is 0 Å². The standard InChI is InChI=1S/C17H27ClN2O/c1-6-19-10-13-7-8-15(14(18)9-13)20-11-16(2,3)21-17(4,5)12-20/h7-9,19H,6,10-12H2,1-5H3. The van der Waals surface area contributed by atoms with Gasteiger partial charge in [-0.2, -0.15) is 0 Å². The SMILES string of the molecule is CCNCc1ccc(N2CC(C)(C)OC(C)(C)C2)c(Cl)c1. The molecule has 0 radical (unpaired) electrons. The summed E-state index contributed by atoms with van der Waals surface area (Å²) in [6, 6.07) is 6.35. The van der Waals surface area contributed by atoms with E-state index in [4.69, 9.17) is 16.3 Å². The van der Waals surface area contributed by atoms with Crippen LogP contribution in [0, 0.1) is 0 Å². The molecule has 3 nitrogen and oxygen atoms in total. The molecule has 2 rings (SSSR count). The highest BCUT2D eigenvalue weighted by Gasteiger charge is 2.38. The molecule has 0 amide bonds. The molecule has 0 bridgehead atoms. The molecule has 0 atom stereocenters. The van der Waals surface area contributed by atoms with E-state index in [1.807, 2.05) is 0 Å². The smallest absolute Gasteiger partial charge is 0.0808 e. The number of ether oxygens (including phenoxy) is 1. The van der Waals surface area contributed by atoms with E-state index in [9.17, 15) is 0 Å².